The van der Waals surface area contributed by atoms with Crippen molar-refractivity contribution >= 4 is 38.8 Å². The van der Waals surface area contributed by atoms with E-state index in [9.17, 15) is 9.59 Å². The van der Waals surface area contributed by atoms with E-state index >= 15 is 0 Å². The molecule has 3 aromatic heterocycles. The smallest absolute Gasteiger partial charge is 0.263 e. The molecule has 2 aliphatic rings. The normalized spacial score (nSPS) is 17.8. The quantitative estimate of drug-likeness (QED) is 0.412. The molecule has 6 rings (SSSR count). The van der Waals surface area contributed by atoms with E-state index in [-0.39, 0.29) is 24.1 Å². The average molecular weight is 494 g/mol. The van der Waals surface area contributed by atoms with Crippen LogP contribution in [-0.2, 0) is 11.3 Å². The molecule has 2 aliphatic heterocycles. The summed E-state index contributed by atoms with van der Waals surface area (Å²) >= 11 is 3.04. The number of carbonyl (C=O) groups excluding carboxylic acids is 1. The molecular weight excluding hydrogens is 470 g/mol. The Kier molecular flexibility index (Phi) is 5.58. The fraction of sp³-hybridized carbons (Fsp3) is 0.320. The van der Waals surface area contributed by atoms with Gasteiger partial charge in [0.1, 0.15) is 11.4 Å². The number of carbonyl (C=O) groups is 1. The lowest BCUT2D eigenvalue weighted by atomic mass is 10.0. The van der Waals surface area contributed by atoms with Gasteiger partial charge in [-0.2, -0.15) is 0 Å². The molecule has 5 heterocycles. The predicted molar refractivity (Wildman–Crippen MR) is 133 cm³/mol. The number of hydrogen-bond donors (Lipinski definition) is 0. The van der Waals surface area contributed by atoms with Crippen LogP contribution in [0.4, 0.5) is 0 Å². The second-order valence-corrected chi connectivity index (χ2v) is 10.3. The van der Waals surface area contributed by atoms with Gasteiger partial charge in [0.05, 0.1) is 31.0 Å². The molecule has 7 nitrogen and oxygen atoms in total. The molecular formula is C25H23N3O4S2. The van der Waals surface area contributed by atoms with Gasteiger partial charge < -0.3 is 14.4 Å². The minimum Gasteiger partial charge on any atom is -0.490 e. The first-order valence-electron chi connectivity index (χ1n) is 11.4. The minimum absolute atomic E-state index is 0.0252. The number of benzene rings is 1. The van der Waals surface area contributed by atoms with Crippen molar-refractivity contribution in [2.45, 2.75) is 31.8 Å². The molecule has 4 aromatic rings. The molecule has 1 amide bonds. The maximum absolute atomic E-state index is 13.4. The van der Waals surface area contributed by atoms with Crippen molar-refractivity contribution in [2.75, 3.05) is 19.8 Å². The maximum Gasteiger partial charge on any atom is 0.263 e. The number of aromatic nitrogens is 2. The molecule has 0 N–H and O–H groups in total. The molecule has 34 heavy (non-hydrogen) atoms. The number of rotatable bonds is 4. The highest BCUT2D eigenvalue weighted by molar-refractivity contribution is 7.18. The van der Waals surface area contributed by atoms with E-state index in [0.29, 0.717) is 30.0 Å². The van der Waals surface area contributed by atoms with Crippen molar-refractivity contribution in [3.63, 3.8) is 0 Å². The first-order valence-corrected chi connectivity index (χ1v) is 13.1. The van der Waals surface area contributed by atoms with Crippen LogP contribution in [0.5, 0.6) is 11.5 Å². The van der Waals surface area contributed by atoms with Crippen molar-refractivity contribution in [3.8, 4) is 21.9 Å². The van der Waals surface area contributed by atoms with Gasteiger partial charge in [0.2, 0.25) is 5.91 Å². The summed E-state index contributed by atoms with van der Waals surface area (Å²) in [5, 5.41) is 4.55. The summed E-state index contributed by atoms with van der Waals surface area (Å²) in [6.45, 7) is 1.91. The molecule has 1 saturated heterocycles. The van der Waals surface area contributed by atoms with Crippen LogP contribution in [0.3, 0.4) is 0 Å². The van der Waals surface area contributed by atoms with Crippen LogP contribution < -0.4 is 15.0 Å². The van der Waals surface area contributed by atoms with Crippen LogP contribution in [0.2, 0.25) is 0 Å². The molecule has 174 valence electrons. The van der Waals surface area contributed by atoms with Crippen LogP contribution in [0.15, 0.2) is 52.2 Å². The highest BCUT2D eigenvalue weighted by Gasteiger charge is 2.31. The number of nitrogens with zero attached hydrogens (tertiary/aromatic N) is 3. The standard InChI is InChI=1S/C25H23N3O4S2/c29-22(13-27-15-26-24-23(25(27)30)17(14-34-24)21-5-2-11-33-21)28-8-1-4-18(28)16-6-7-19-20(12-16)32-10-3-9-31-19/h2,5-7,11-12,14-15,18H,1,3-4,8-10,13H2. The second kappa shape index (κ2) is 8.88. The number of thiophene rings is 2. The average Bonchev–Trinajstić information content (AvgIpc) is 3.59. The fourth-order valence-corrected chi connectivity index (χ4v) is 6.45. The van der Waals surface area contributed by atoms with Gasteiger partial charge in [-0.25, -0.2) is 4.98 Å². The topological polar surface area (TPSA) is 73.7 Å². The summed E-state index contributed by atoms with van der Waals surface area (Å²) in [5.41, 5.74) is 1.75. The van der Waals surface area contributed by atoms with Crippen molar-refractivity contribution in [1.82, 2.24) is 14.5 Å². The van der Waals surface area contributed by atoms with Crippen molar-refractivity contribution in [1.29, 1.82) is 0 Å². The van der Waals surface area contributed by atoms with Crippen LogP contribution in [0.25, 0.3) is 20.7 Å². The highest BCUT2D eigenvalue weighted by Crippen LogP contribution is 2.38. The van der Waals surface area contributed by atoms with Gasteiger partial charge in [0.25, 0.3) is 5.56 Å². The van der Waals surface area contributed by atoms with Gasteiger partial charge in [0, 0.05) is 28.8 Å². The third-order valence-electron chi connectivity index (χ3n) is 6.38. The van der Waals surface area contributed by atoms with E-state index in [4.69, 9.17) is 9.47 Å². The van der Waals surface area contributed by atoms with Crippen LogP contribution in [0, 0.1) is 0 Å². The molecule has 0 radical (unpaired) electrons. The summed E-state index contributed by atoms with van der Waals surface area (Å²) in [4.78, 5) is 34.8. The van der Waals surface area contributed by atoms with Crippen molar-refractivity contribution < 1.29 is 14.3 Å². The molecule has 0 aliphatic carbocycles. The number of ether oxygens (including phenoxy) is 2. The minimum atomic E-state index is -0.172. The molecule has 9 heteroatoms. The van der Waals surface area contributed by atoms with Gasteiger partial charge in [-0.1, -0.05) is 12.1 Å². The molecule has 1 fully saturated rings. The monoisotopic (exact) mass is 493 g/mol. The SMILES string of the molecule is O=C(Cn1cnc2scc(-c3cccs3)c2c1=O)N1CCCC1c1ccc2c(c1)OCCCO2. The third-order valence-corrected chi connectivity index (χ3v) is 8.17. The predicted octanol–water partition coefficient (Wildman–Crippen LogP) is 4.71. The Balaban J connectivity index is 1.27. The van der Waals surface area contributed by atoms with Crippen molar-refractivity contribution in [2.24, 2.45) is 0 Å². The summed E-state index contributed by atoms with van der Waals surface area (Å²) in [7, 11) is 0. The maximum atomic E-state index is 13.4. The zero-order chi connectivity index (χ0) is 23.1. The summed E-state index contributed by atoms with van der Waals surface area (Å²) < 4.78 is 13.0. The molecule has 0 saturated carbocycles. The third kappa shape index (κ3) is 3.78. The van der Waals surface area contributed by atoms with Gasteiger partial charge in [-0.3, -0.25) is 14.2 Å². The first kappa shape index (κ1) is 21.4. The Hall–Kier alpha value is -3.17. The summed E-state index contributed by atoms with van der Waals surface area (Å²) in [5.74, 6) is 1.41. The molecule has 0 bridgehead atoms. The Morgan fingerprint density at radius 3 is 2.85 bits per heavy atom. The fourth-order valence-electron chi connectivity index (χ4n) is 4.73. The van der Waals surface area contributed by atoms with E-state index in [2.05, 4.69) is 4.98 Å². The van der Waals surface area contributed by atoms with Crippen molar-refractivity contribution in [3.05, 3.63) is 63.3 Å². The number of fused-ring (bicyclic) bond motifs is 2. The largest absolute Gasteiger partial charge is 0.490 e. The van der Waals surface area contributed by atoms with E-state index in [1.165, 1.54) is 22.2 Å². The van der Waals surface area contributed by atoms with Crippen LogP contribution in [0.1, 0.15) is 30.9 Å². The number of amides is 1. The molecule has 1 unspecified atom stereocenters. The van der Waals surface area contributed by atoms with Gasteiger partial charge in [0.15, 0.2) is 11.5 Å². The van der Waals surface area contributed by atoms with Crippen LogP contribution >= 0.6 is 22.7 Å². The Morgan fingerprint density at radius 2 is 2.00 bits per heavy atom. The summed E-state index contributed by atoms with van der Waals surface area (Å²) in [6.07, 6.45) is 4.15. The van der Waals surface area contributed by atoms with E-state index in [0.717, 1.165) is 46.8 Å². The molecule has 0 spiro atoms. The lowest BCUT2D eigenvalue weighted by molar-refractivity contribution is -0.132. The highest BCUT2D eigenvalue weighted by atomic mass is 32.1. The number of likely N-dealkylation sites (tertiary alicyclic amines) is 1. The first-order chi connectivity index (χ1) is 16.7. The van der Waals surface area contributed by atoms with Gasteiger partial charge in [-0.05, 0) is 42.0 Å². The van der Waals surface area contributed by atoms with Gasteiger partial charge >= 0.3 is 0 Å². The Bertz CT molecular complexity index is 1410. The lowest BCUT2D eigenvalue weighted by Gasteiger charge is -2.26. The molecule has 1 atom stereocenters. The zero-order valence-electron chi connectivity index (χ0n) is 18.4. The van der Waals surface area contributed by atoms with E-state index in [1.807, 2.05) is 46.0 Å². The zero-order valence-corrected chi connectivity index (χ0v) is 20.1. The van der Waals surface area contributed by atoms with E-state index < -0.39 is 0 Å². The Morgan fingerprint density at radius 1 is 1.12 bits per heavy atom. The van der Waals surface area contributed by atoms with Crippen LogP contribution in [-0.4, -0.2) is 40.1 Å². The second-order valence-electron chi connectivity index (χ2n) is 8.49. The lowest BCUT2D eigenvalue weighted by Crippen LogP contribution is -2.36. The van der Waals surface area contributed by atoms with E-state index in [1.54, 1.807) is 11.3 Å². The Labute approximate surface area is 204 Å². The van der Waals surface area contributed by atoms with Gasteiger partial charge in [-0.15, -0.1) is 22.7 Å². The summed E-state index contributed by atoms with van der Waals surface area (Å²) in [6, 6.07) is 9.87. The molecule has 1 aromatic carbocycles. The number of hydrogen-bond acceptors (Lipinski definition) is 7.